The van der Waals surface area contributed by atoms with Crippen LogP contribution in [0.5, 0.6) is 0 Å². The zero-order valence-electron chi connectivity index (χ0n) is 11.9. The van der Waals surface area contributed by atoms with E-state index in [9.17, 15) is 4.79 Å². The Labute approximate surface area is 124 Å². The van der Waals surface area contributed by atoms with Crippen molar-refractivity contribution >= 4 is 17.2 Å². The topological polar surface area (TPSA) is 35.6 Å². The molecule has 110 valence electrons. The van der Waals surface area contributed by atoms with Crippen LogP contribution in [0.1, 0.15) is 18.4 Å². The average Bonchev–Trinajstić information content (AvgIpc) is 3.01. The molecule has 0 aromatic carbocycles. The number of carbonyl (C=O) groups is 1. The Balaban J connectivity index is 1.46. The summed E-state index contributed by atoms with van der Waals surface area (Å²) in [6, 6.07) is 2.19. The summed E-state index contributed by atoms with van der Waals surface area (Å²) in [7, 11) is 0. The van der Waals surface area contributed by atoms with E-state index in [4.69, 9.17) is 0 Å². The molecule has 0 spiro atoms. The molecule has 1 unspecified atom stereocenters. The lowest BCUT2D eigenvalue weighted by Crippen LogP contribution is -2.51. The van der Waals surface area contributed by atoms with Gasteiger partial charge in [-0.3, -0.25) is 9.69 Å². The van der Waals surface area contributed by atoms with Gasteiger partial charge in [-0.05, 0) is 41.8 Å². The van der Waals surface area contributed by atoms with Crippen molar-refractivity contribution < 1.29 is 4.79 Å². The van der Waals surface area contributed by atoms with Crippen LogP contribution in [0, 0.1) is 5.92 Å². The molecule has 5 heteroatoms. The molecule has 3 rings (SSSR count). The van der Waals surface area contributed by atoms with Gasteiger partial charge in [-0.2, -0.15) is 11.3 Å². The quantitative estimate of drug-likeness (QED) is 0.915. The van der Waals surface area contributed by atoms with Gasteiger partial charge >= 0.3 is 0 Å². The number of rotatable bonds is 3. The number of thiophene rings is 1. The highest BCUT2D eigenvalue weighted by atomic mass is 32.1. The minimum Gasteiger partial charge on any atom is -0.340 e. The second-order valence-electron chi connectivity index (χ2n) is 5.78. The normalized spacial score (nSPS) is 24.8. The lowest BCUT2D eigenvalue weighted by Gasteiger charge is -2.37. The van der Waals surface area contributed by atoms with E-state index in [1.165, 1.54) is 5.56 Å². The van der Waals surface area contributed by atoms with Gasteiger partial charge in [-0.15, -0.1) is 0 Å². The zero-order chi connectivity index (χ0) is 13.8. The van der Waals surface area contributed by atoms with Gasteiger partial charge in [0.15, 0.2) is 0 Å². The van der Waals surface area contributed by atoms with Crippen molar-refractivity contribution in [2.24, 2.45) is 5.92 Å². The highest BCUT2D eigenvalue weighted by molar-refractivity contribution is 7.07. The number of hydrogen-bond donors (Lipinski definition) is 1. The van der Waals surface area contributed by atoms with E-state index in [1.807, 2.05) is 0 Å². The lowest BCUT2D eigenvalue weighted by molar-refractivity contribution is -0.137. The Morgan fingerprint density at radius 3 is 2.85 bits per heavy atom. The average molecular weight is 293 g/mol. The maximum absolute atomic E-state index is 12.4. The van der Waals surface area contributed by atoms with Crippen LogP contribution in [-0.4, -0.2) is 55.0 Å². The summed E-state index contributed by atoms with van der Waals surface area (Å²) in [5.74, 6) is 0.583. The third-order valence-electron chi connectivity index (χ3n) is 4.32. The van der Waals surface area contributed by atoms with Crippen LogP contribution in [0.2, 0.25) is 0 Å². The van der Waals surface area contributed by atoms with Gasteiger partial charge < -0.3 is 10.2 Å². The predicted molar refractivity (Wildman–Crippen MR) is 81.8 cm³/mol. The number of nitrogens with zero attached hydrogens (tertiary/aromatic N) is 2. The van der Waals surface area contributed by atoms with E-state index in [2.05, 4.69) is 31.9 Å². The van der Waals surface area contributed by atoms with Crippen molar-refractivity contribution in [2.75, 3.05) is 39.3 Å². The summed E-state index contributed by atoms with van der Waals surface area (Å²) in [5, 5.41) is 7.68. The van der Waals surface area contributed by atoms with E-state index in [1.54, 1.807) is 11.3 Å². The van der Waals surface area contributed by atoms with Gasteiger partial charge in [0.25, 0.3) is 0 Å². The minimum atomic E-state index is 0.215. The smallest absolute Gasteiger partial charge is 0.227 e. The van der Waals surface area contributed by atoms with Crippen molar-refractivity contribution in [2.45, 2.75) is 19.4 Å². The summed E-state index contributed by atoms with van der Waals surface area (Å²) in [5.41, 5.74) is 1.39. The van der Waals surface area contributed by atoms with Gasteiger partial charge in [0.1, 0.15) is 0 Å². The molecule has 4 nitrogen and oxygen atoms in total. The monoisotopic (exact) mass is 293 g/mol. The number of piperidine rings is 1. The van der Waals surface area contributed by atoms with Gasteiger partial charge in [-0.25, -0.2) is 0 Å². The molecule has 2 saturated heterocycles. The van der Waals surface area contributed by atoms with Gasteiger partial charge in [-0.1, -0.05) is 0 Å². The molecule has 2 fully saturated rings. The third-order valence-corrected chi connectivity index (χ3v) is 5.05. The number of hydrogen-bond acceptors (Lipinski definition) is 4. The lowest BCUT2D eigenvalue weighted by atomic mass is 9.98. The summed E-state index contributed by atoms with van der Waals surface area (Å²) in [6.07, 6.45) is 2.19. The van der Waals surface area contributed by atoms with Crippen molar-refractivity contribution in [3.05, 3.63) is 22.4 Å². The fourth-order valence-corrected chi connectivity index (χ4v) is 3.75. The summed E-state index contributed by atoms with van der Waals surface area (Å²) in [6.45, 7) is 6.74. The Kier molecular flexibility index (Phi) is 4.70. The van der Waals surface area contributed by atoms with E-state index >= 15 is 0 Å². The number of piperazine rings is 1. The fourth-order valence-electron chi connectivity index (χ4n) is 3.09. The first-order valence-corrected chi connectivity index (χ1v) is 8.50. The molecule has 1 atom stereocenters. The first-order chi connectivity index (χ1) is 9.83. The zero-order valence-corrected chi connectivity index (χ0v) is 12.7. The molecular formula is C15H23N3OS. The highest BCUT2D eigenvalue weighted by Crippen LogP contribution is 2.16. The molecule has 0 aliphatic carbocycles. The highest BCUT2D eigenvalue weighted by Gasteiger charge is 2.28. The standard InChI is InChI=1S/C15H23N3OS/c19-15(14-2-1-4-16-10-14)18-7-5-17(6-8-18)11-13-3-9-20-12-13/h3,9,12,14,16H,1-2,4-8,10-11H2. The van der Waals surface area contributed by atoms with E-state index in [0.29, 0.717) is 5.91 Å². The van der Waals surface area contributed by atoms with E-state index in [-0.39, 0.29) is 5.92 Å². The van der Waals surface area contributed by atoms with Crippen LogP contribution in [-0.2, 0) is 11.3 Å². The molecule has 1 amide bonds. The molecule has 3 heterocycles. The van der Waals surface area contributed by atoms with Crippen molar-refractivity contribution in [1.82, 2.24) is 15.1 Å². The van der Waals surface area contributed by atoms with E-state index in [0.717, 1.165) is 58.7 Å². The summed E-state index contributed by atoms with van der Waals surface area (Å²) in [4.78, 5) is 17.0. The second-order valence-corrected chi connectivity index (χ2v) is 6.56. The first kappa shape index (κ1) is 14.0. The Bertz CT molecular complexity index is 420. The maximum Gasteiger partial charge on any atom is 0.227 e. The largest absolute Gasteiger partial charge is 0.340 e. The van der Waals surface area contributed by atoms with Gasteiger partial charge in [0, 0.05) is 39.3 Å². The van der Waals surface area contributed by atoms with E-state index < -0.39 is 0 Å². The Morgan fingerprint density at radius 1 is 1.35 bits per heavy atom. The molecular weight excluding hydrogens is 270 g/mol. The Hall–Kier alpha value is -0.910. The molecule has 2 aliphatic heterocycles. The van der Waals surface area contributed by atoms with Crippen LogP contribution in [0.15, 0.2) is 16.8 Å². The van der Waals surface area contributed by atoms with Crippen molar-refractivity contribution in [1.29, 1.82) is 0 Å². The molecule has 0 radical (unpaired) electrons. The number of amides is 1. The van der Waals surface area contributed by atoms with Gasteiger partial charge in [0.2, 0.25) is 5.91 Å². The molecule has 1 aromatic heterocycles. The SMILES string of the molecule is O=C(C1CCCNC1)N1CCN(Cc2ccsc2)CC1. The second kappa shape index (κ2) is 6.70. The van der Waals surface area contributed by atoms with Crippen molar-refractivity contribution in [3.63, 3.8) is 0 Å². The molecule has 20 heavy (non-hydrogen) atoms. The Morgan fingerprint density at radius 2 is 2.20 bits per heavy atom. The van der Waals surface area contributed by atoms with Crippen LogP contribution < -0.4 is 5.32 Å². The van der Waals surface area contributed by atoms with Crippen LogP contribution in [0.3, 0.4) is 0 Å². The minimum absolute atomic E-state index is 0.215. The molecule has 2 aliphatic rings. The number of carbonyl (C=O) groups excluding carboxylic acids is 1. The van der Waals surface area contributed by atoms with Crippen LogP contribution >= 0.6 is 11.3 Å². The van der Waals surface area contributed by atoms with Crippen molar-refractivity contribution in [3.8, 4) is 0 Å². The summed E-state index contributed by atoms with van der Waals surface area (Å²) < 4.78 is 0. The van der Waals surface area contributed by atoms with Gasteiger partial charge in [0.05, 0.1) is 5.92 Å². The fraction of sp³-hybridized carbons (Fsp3) is 0.667. The maximum atomic E-state index is 12.4. The van der Waals surface area contributed by atoms with Crippen LogP contribution in [0.25, 0.3) is 0 Å². The molecule has 1 aromatic rings. The molecule has 1 N–H and O–H groups in total. The summed E-state index contributed by atoms with van der Waals surface area (Å²) >= 11 is 1.75. The van der Waals surface area contributed by atoms with Crippen LogP contribution in [0.4, 0.5) is 0 Å². The molecule has 0 saturated carbocycles. The first-order valence-electron chi connectivity index (χ1n) is 7.56. The molecule has 0 bridgehead atoms. The predicted octanol–water partition coefficient (Wildman–Crippen LogP) is 1.39. The number of nitrogens with one attached hydrogen (secondary N) is 1. The third kappa shape index (κ3) is 3.40.